The third kappa shape index (κ3) is 6.70. The second kappa shape index (κ2) is 10.6. The number of benzene rings is 2. The van der Waals surface area contributed by atoms with Gasteiger partial charge in [0.25, 0.3) is 15.9 Å². The van der Waals surface area contributed by atoms with Gasteiger partial charge in [-0.25, -0.2) is 8.42 Å². The highest BCUT2D eigenvalue weighted by Crippen LogP contribution is 2.23. The average molecular weight is 466 g/mol. The molecule has 2 aromatic rings. The van der Waals surface area contributed by atoms with Crippen LogP contribution in [0.25, 0.3) is 0 Å². The van der Waals surface area contributed by atoms with Crippen molar-refractivity contribution in [3.05, 3.63) is 58.6 Å². The van der Waals surface area contributed by atoms with Crippen molar-refractivity contribution in [3.63, 3.8) is 0 Å². The van der Waals surface area contributed by atoms with Crippen molar-refractivity contribution < 1.29 is 18.0 Å². The minimum absolute atomic E-state index is 0.0298. The summed E-state index contributed by atoms with van der Waals surface area (Å²) in [7, 11) is -0.785. The maximum atomic E-state index is 12.8. The molecule has 31 heavy (non-hydrogen) atoms. The molecular formula is C22H28ClN3O4S. The number of anilines is 1. The number of likely N-dealkylation sites (N-methyl/N-ethyl adjacent to an activating group) is 1. The van der Waals surface area contributed by atoms with Gasteiger partial charge in [-0.15, -0.1) is 0 Å². The first kappa shape index (κ1) is 24.7. The van der Waals surface area contributed by atoms with Crippen molar-refractivity contribution in [1.29, 1.82) is 0 Å². The van der Waals surface area contributed by atoms with Crippen LogP contribution in [0.3, 0.4) is 0 Å². The molecule has 0 aliphatic rings. The number of sulfonamides is 1. The summed E-state index contributed by atoms with van der Waals surface area (Å²) in [5.41, 5.74) is 1.53. The lowest BCUT2D eigenvalue weighted by molar-refractivity contribution is -0.130. The molecule has 0 aliphatic carbocycles. The molecule has 1 atom stereocenters. The van der Waals surface area contributed by atoms with Gasteiger partial charge >= 0.3 is 0 Å². The highest BCUT2D eigenvalue weighted by molar-refractivity contribution is 7.92. The highest BCUT2D eigenvalue weighted by Gasteiger charge is 2.22. The number of carbonyl (C=O) groups excluding carboxylic acids is 2. The number of unbranched alkanes of at least 4 members (excludes halogenated alkanes) is 1. The number of hydrogen-bond acceptors (Lipinski definition) is 4. The van der Waals surface area contributed by atoms with Crippen LogP contribution in [0, 0.1) is 0 Å². The largest absolute Gasteiger partial charge is 0.347 e. The van der Waals surface area contributed by atoms with Crippen LogP contribution < -0.4 is 10.0 Å². The van der Waals surface area contributed by atoms with Gasteiger partial charge in [-0.05, 0) is 55.7 Å². The van der Waals surface area contributed by atoms with Gasteiger partial charge in [0.2, 0.25) is 5.91 Å². The van der Waals surface area contributed by atoms with Crippen molar-refractivity contribution in [2.75, 3.05) is 18.8 Å². The molecule has 0 saturated heterocycles. The van der Waals surface area contributed by atoms with Gasteiger partial charge in [0, 0.05) is 19.8 Å². The molecule has 2 aromatic carbocycles. The van der Waals surface area contributed by atoms with Crippen LogP contribution in [-0.2, 0) is 21.2 Å². The van der Waals surface area contributed by atoms with E-state index in [9.17, 15) is 18.0 Å². The number of nitrogens with one attached hydrogen (secondary N) is 2. The Kier molecular flexibility index (Phi) is 8.47. The number of amides is 2. The van der Waals surface area contributed by atoms with E-state index < -0.39 is 22.0 Å². The van der Waals surface area contributed by atoms with Gasteiger partial charge in [0.1, 0.15) is 6.04 Å². The van der Waals surface area contributed by atoms with Crippen LogP contribution in [-0.4, -0.2) is 45.3 Å². The number of halogens is 1. The van der Waals surface area contributed by atoms with Crippen molar-refractivity contribution in [1.82, 2.24) is 10.2 Å². The summed E-state index contributed by atoms with van der Waals surface area (Å²) in [6.45, 7) is 3.66. The predicted octanol–water partition coefficient (Wildman–Crippen LogP) is 3.69. The summed E-state index contributed by atoms with van der Waals surface area (Å²) in [5.74, 6) is -0.928. The molecule has 0 heterocycles. The lowest BCUT2D eigenvalue weighted by Gasteiger charge is -2.18. The molecule has 1 unspecified atom stereocenters. The van der Waals surface area contributed by atoms with Crippen LogP contribution in [0.4, 0.5) is 5.69 Å². The van der Waals surface area contributed by atoms with Crippen LogP contribution in [0.5, 0.6) is 0 Å². The molecular weight excluding hydrogens is 438 g/mol. The van der Waals surface area contributed by atoms with Crippen LogP contribution >= 0.6 is 11.6 Å². The zero-order valence-corrected chi connectivity index (χ0v) is 19.7. The topological polar surface area (TPSA) is 95.6 Å². The van der Waals surface area contributed by atoms with E-state index in [1.165, 1.54) is 23.1 Å². The Morgan fingerprint density at radius 3 is 2.32 bits per heavy atom. The summed E-state index contributed by atoms with van der Waals surface area (Å²) in [5, 5.41) is 2.62. The molecule has 9 heteroatoms. The van der Waals surface area contributed by atoms with E-state index in [0.29, 0.717) is 5.69 Å². The molecule has 0 radical (unpaired) electrons. The van der Waals surface area contributed by atoms with Crippen molar-refractivity contribution in [3.8, 4) is 0 Å². The van der Waals surface area contributed by atoms with Crippen LogP contribution in [0.1, 0.15) is 42.6 Å². The molecule has 0 aliphatic heterocycles. The molecule has 0 fully saturated rings. The van der Waals surface area contributed by atoms with Crippen LogP contribution in [0.2, 0.25) is 5.02 Å². The van der Waals surface area contributed by atoms with E-state index in [2.05, 4.69) is 17.0 Å². The summed E-state index contributed by atoms with van der Waals surface area (Å²) in [4.78, 5) is 25.8. The minimum atomic E-state index is -3.94. The Bertz CT molecular complexity index is 1040. The monoisotopic (exact) mass is 465 g/mol. The standard InChI is InChI=1S/C22H28ClN3O4S/c1-5-6-7-16-8-10-17(11-9-16)25-31(29,30)18-12-13-20(23)19(14-18)21(27)24-15(2)22(28)26(3)4/h8-15,25H,5-7H2,1-4H3,(H,24,27). The second-order valence-electron chi connectivity index (χ2n) is 7.48. The summed E-state index contributed by atoms with van der Waals surface area (Å²) in [6, 6.07) is 10.3. The predicted molar refractivity (Wildman–Crippen MR) is 123 cm³/mol. The zero-order chi connectivity index (χ0) is 23.2. The maximum absolute atomic E-state index is 12.8. The Morgan fingerprint density at radius 2 is 1.74 bits per heavy atom. The Balaban J connectivity index is 2.20. The molecule has 7 nitrogen and oxygen atoms in total. The lowest BCUT2D eigenvalue weighted by atomic mass is 10.1. The molecule has 0 aromatic heterocycles. The Hall–Kier alpha value is -2.58. The number of carbonyl (C=O) groups is 2. The molecule has 0 spiro atoms. The number of hydrogen-bond donors (Lipinski definition) is 2. The van der Waals surface area contributed by atoms with E-state index in [4.69, 9.17) is 11.6 Å². The molecule has 0 bridgehead atoms. The summed E-state index contributed by atoms with van der Waals surface area (Å²) in [6.07, 6.45) is 3.09. The Labute approximate surface area is 188 Å². The smallest absolute Gasteiger partial charge is 0.261 e. The average Bonchev–Trinajstić information content (AvgIpc) is 2.72. The molecule has 0 saturated carbocycles. The van der Waals surface area contributed by atoms with E-state index in [0.717, 1.165) is 24.8 Å². The van der Waals surface area contributed by atoms with Crippen LogP contribution in [0.15, 0.2) is 47.4 Å². The first-order valence-electron chi connectivity index (χ1n) is 9.98. The van der Waals surface area contributed by atoms with Gasteiger partial charge in [0.15, 0.2) is 0 Å². The van der Waals surface area contributed by atoms with E-state index in [1.807, 2.05) is 12.1 Å². The molecule has 2 amide bonds. The third-order valence-corrected chi connectivity index (χ3v) is 6.39. The summed E-state index contributed by atoms with van der Waals surface area (Å²) >= 11 is 6.11. The van der Waals surface area contributed by atoms with E-state index in [1.54, 1.807) is 33.2 Å². The maximum Gasteiger partial charge on any atom is 0.261 e. The second-order valence-corrected chi connectivity index (χ2v) is 9.57. The number of aryl methyl sites for hydroxylation is 1. The normalized spacial score (nSPS) is 12.2. The molecule has 2 N–H and O–H groups in total. The highest BCUT2D eigenvalue weighted by atomic mass is 35.5. The van der Waals surface area contributed by atoms with E-state index in [-0.39, 0.29) is 21.4 Å². The first-order chi connectivity index (χ1) is 14.5. The minimum Gasteiger partial charge on any atom is -0.347 e. The molecule has 168 valence electrons. The third-order valence-electron chi connectivity index (χ3n) is 4.68. The van der Waals surface area contributed by atoms with Gasteiger partial charge in [0.05, 0.1) is 15.5 Å². The number of nitrogens with zero attached hydrogens (tertiary/aromatic N) is 1. The SMILES string of the molecule is CCCCc1ccc(NS(=O)(=O)c2ccc(Cl)c(C(=O)NC(C)C(=O)N(C)C)c2)cc1. The van der Waals surface area contributed by atoms with Gasteiger partial charge in [-0.1, -0.05) is 37.1 Å². The number of rotatable bonds is 9. The van der Waals surface area contributed by atoms with Gasteiger partial charge < -0.3 is 10.2 Å². The fourth-order valence-electron chi connectivity index (χ4n) is 2.90. The first-order valence-corrected chi connectivity index (χ1v) is 11.8. The van der Waals surface area contributed by atoms with Gasteiger partial charge in [-0.3, -0.25) is 14.3 Å². The molecule has 2 rings (SSSR count). The zero-order valence-electron chi connectivity index (χ0n) is 18.1. The Morgan fingerprint density at radius 1 is 1.10 bits per heavy atom. The van der Waals surface area contributed by atoms with Gasteiger partial charge in [-0.2, -0.15) is 0 Å². The van der Waals surface area contributed by atoms with E-state index >= 15 is 0 Å². The fraction of sp³-hybridized carbons (Fsp3) is 0.364. The lowest BCUT2D eigenvalue weighted by Crippen LogP contribution is -2.44. The van der Waals surface area contributed by atoms with Crippen molar-refractivity contribution in [2.24, 2.45) is 0 Å². The summed E-state index contributed by atoms with van der Waals surface area (Å²) < 4.78 is 28.1. The van der Waals surface area contributed by atoms with Crippen molar-refractivity contribution in [2.45, 2.75) is 44.0 Å². The van der Waals surface area contributed by atoms with Crippen molar-refractivity contribution >= 4 is 39.1 Å². The quantitative estimate of drug-likeness (QED) is 0.590. The fourth-order valence-corrected chi connectivity index (χ4v) is 4.19.